The molecule has 0 radical (unpaired) electrons. The van der Waals surface area contributed by atoms with Gasteiger partial charge in [-0.2, -0.15) is 0 Å². The van der Waals surface area contributed by atoms with Gasteiger partial charge in [-0.3, -0.25) is 9.36 Å². The van der Waals surface area contributed by atoms with E-state index in [1.54, 1.807) is 12.1 Å². The van der Waals surface area contributed by atoms with E-state index in [1.165, 1.54) is 18.7 Å². The summed E-state index contributed by atoms with van der Waals surface area (Å²) in [6.07, 6.45) is 4.42. The van der Waals surface area contributed by atoms with E-state index in [9.17, 15) is 13.2 Å². The van der Waals surface area contributed by atoms with Gasteiger partial charge >= 0.3 is 0 Å². The highest BCUT2D eigenvalue weighted by molar-refractivity contribution is 7.90. The molecule has 0 spiro atoms. The van der Waals surface area contributed by atoms with Gasteiger partial charge in [0.15, 0.2) is 9.84 Å². The van der Waals surface area contributed by atoms with E-state index in [2.05, 4.69) is 27.7 Å². The largest absolute Gasteiger partial charge is 0.355 e. The van der Waals surface area contributed by atoms with Crippen molar-refractivity contribution in [1.82, 2.24) is 14.5 Å². The molecule has 1 aliphatic heterocycles. The Morgan fingerprint density at radius 3 is 2.46 bits per heavy atom. The molecule has 1 aromatic heterocycles. The van der Waals surface area contributed by atoms with Crippen LogP contribution in [0.5, 0.6) is 0 Å². The quantitative estimate of drug-likeness (QED) is 0.285. The molecule has 0 bridgehead atoms. The normalized spacial score (nSPS) is 14.9. The first-order valence-corrected chi connectivity index (χ1v) is 15.3. The third-order valence-electron chi connectivity index (χ3n) is 7.28. The number of imidazole rings is 1. The molecule has 4 aromatic rings. The average Bonchev–Trinajstić information content (AvgIpc) is 3.29. The molecule has 0 unspecified atom stereocenters. The number of nitrogens with one attached hydrogen (secondary N) is 2. The van der Waals surface area contributed by atoms with Gasteiger partial charge in [0.1, 0.15) is 0 Å². The van der Waals surface area contributed by atoms with Crippen LogP contribution in [0.2, 0.25) is 0 Å². The smallest absolute Gasteiger partial charge is 0.221 e. The van der Waals surface area contributed by atoms with Crippen LogP contribution in [0, 0.1) is 0 Å². The number of hydrogen-bond donors (Lipinski definition) is 2. The zero-order chi connectivity index (χ0) is 27.4. The van der Waals surface area contributed by atoms with Crippen molar-refractivity contribution in [3.05, 3.63) is 78.4 Å². The molecule has 0 aliphatic carbocycles. The van der Waals surface area contributed by atoms with Gasteiger partial charge < -0.3 is 15.5 Å². The fraction of sp³-hybridized carbons (Fsp3) is 0.333. The second-order valence-corrected chi connectivity index (χ2v) is 12.2. The number of anilines is 2. The Bertz CT molecular complexity index is 1560. The van der Waals surface area contributed by atoms with Gasteiger partial charge in [0.05, 0.1) is 15.9 Å². The Hall–Kier alpha value is -3.69. The van der Waals surface area contributed by atoms with Crippen LogP contribution in [-0.4, -0.2) is 61.2 Å². The van der Waals surface area contributed by atoms with Crippen molar-refractivity contribution in [2.24, 2.45) is 0 Å². The second-order valence-electron chi connectivity index (χ2n) is 10.2. The highest BCUT2D eigenvalue weighted by atomic mass is 32.2. The number of carbonyl (C=O) groups is 1. The summed E-state index contributed by atoms with van der Waals surface area (Å²) in [5.74, 6) is 1.22. The number of hydrogen-bond acceptors (Lipinski definition) is 6. The van der Waals surface area contributed by atoms with Crippen LogP contribution in [0.25, 0.3) is 16.7 Å². The molecule has 8 nitrogen and oxygen atoms in total. The maximum Gasteiger partial charge on any atom is 0.221 e. The summed E-state index contributed by atoms with van der Waals surface area (Å²) in [6, 6.07) is 23.1. The van der Waals surface area contributed by atoms with Crippen molar-refractivity contribution in [3.63, 3.8) is 0 Å². The highest BCUT2D eigenvalue weighted by Crippen LogP contribution is 2.30. The lowest BCUT2D eigenvalue weighted by molar-refractivity contribution is -0.114. The molecule has 204 valence electrons. The standard InChI is InChI=1S/C30H35N5O3S/c1-22(36)32-25-8-5-7-24(21-25)23-15-19-34(20-16-23)18-6-17-31-30-33-28-9-3-4-10-29(28)35(30)26-11-13-27(14-12-26)39(2,37)38/h3-5,7-14,21,23H,6,15-20H2,1-2H3,(H,31,33)(H,32,36). The zero-order valence-electron chi connectivity index (χ0n) is 22.4. The van der Waals surface area contributed by atoms with Gasteiger partial charge in [0, 0.05) is 31.1 Å². The van der Waals surface area contributed by atoms with Crippen molar-refractivity contribution in [1.29, 1.82) is 0 Å². The number of amides is 1. The van der Waals surface area contributed by atoms with E-state index < -0.39 is 9.84 Å². The molecular formula is C30H35N5O3S. The number of para-hydroxylation sites is 2. The fourth-order valence-corrected chi connectivity index (χ4v) is 5.95. The second kappa shape index (κ2) is 11.6. The zero-order valence-corrected chi connectivity index (χ0v) is 23.2. The molecule has 3 aromatic carbocycles. The summed E-state index contributed by atoms with van der Waals surface area (Å²) >= 11 is 0. The molecule has 1 aliphatic rings. The van der Waals surface area contributed by atoms with E-state index in [1.807, 2.05) is 53.1 Å². The first kappa shape index (κ1) is 26.9. The van der Waals surface area contributed by atoms with Crippen LogP contribution in [0.1, 0.15) is 37.7 Å². The molecule has 1 saturated heterocycles. The molecule has 2 N–H and O–H groups in total. The Morgan fingerprint density at radius 1 is 1.00 bits per heavy atom. The summed E-state index contributed by atoms with van der Waals surface area (Å²) in [7, 11) is -3.26. The maximum absolute atomic E-state index is 11.9. The number of benzene rings is 3. The number of fused-ring (bicyclic) bond motifs is 1. The minimum Gasteiger partial charge on any atom is -0.355 e. The predicted octanol–water partition coefficient (Wildman–Crippen LogP) is 5.07. The van der Waals surface area contributed by atoms with Gasteiger partial charge in [-0.05, 0) is 98.9 Å². The number of nitrogens with zero attached hydrogens (tertiary/aromatic N) is 3. The number of sulfone groups is 1. The lowest BCUT2D eigenvalue weighted by Gasteiger charge is -2.32. The lowest BCUT2D eigenvalue weighted by atomic mass is 9.89. The molecule has 1 amide bonds. The van der Waals surface area contributed by atoms with Gasteiger partial charge in [0.25, 0.3) is 0 Å². The van der Waals surface area contributed by atoms with Crippen molar-refractivity contribution >= 4 is 38.4 Å². The highest BCUT2D eigenvalue weighted by Gasteiger charge is 2.21. The topological polar surface area (TPSA) is 96.3 Å². The van der Waals surface area contributed by atoms with Crippen LogP contribution in [-0.2, 0) is 14.6 Å². The molecular weight excluding hydrogens is 510 g/mol. The SMILES string of the molecule is CC(=O)Nc1cccc(C2CCN(CCCNc3nc4ccccc4n3-c3ccc(S(C)(=O)=O)cc3)CC2)c1. The van der Waals surface area contributed by atoms with Crippen LogP contribution in [0.4, 0.5) is 11.6 Å². The summed E-state index contributed by atoms with van der Waals surface area (Å²) < 4.78 is 25.9. The lowest BCUT2D eigenvalue weighted by Crippen LogP contribution is -2.34. The molecule has 9 heteroatoms. The van der Waals surface area contributed by atoms with E-state index >= 15 is 0 Å². The predicted molar refractivity (Wildman–Crippen MR) is 156 cm³/mol. The Labute approximate surface area is 230 Å². The van der Waals surface area contributed by atoms with Crippen molar-refractivity contribution in [2.45, 2.75) is 37.0 Å². The van der Waals surface area contributed by atoms with Crippen LogP contribution in [0.3, 0.4) is 0 Å². The molecule has 39 heavy (non-hydrogen) atoms. The van der Waals surface area contributed by atoms with Crippen LogP contribution < -0.4 is 10.6 Å². The number of piperidine rings is 1. The monoisotopic (exact) mass is 545 g/mol. The Balaban J connectivity index is 1.18. The molecule has 1 fully saturated rings. The minimum atomic E-state index is -3.26. The van der Waals surface area contributed by atoms with Gasteiger partial charge in [-0.1, -0.05) is 24.3 Å². The van der Waals surface area contributed by atoms with Crippen LogP contribution >= 0.6 is 0 Å². The first-order chi connectivity index (χ1) is 18.8. The molecule has 0 saturated carbocycles. The maximum atomic E-state index is 11.9. The van der Waals surface area contributed by atoms with Gasteiger partial charge in [-0.25, -0.2) is 13.4 Å². The fourth-order valence-electron chi connectivity index (χ4n) is 5.31. The number of likely N-dealkylation sites (tertiary alicyclic amines) is 1. The van der Waals surface area contributed by atoms with Gasteiger partial charge in [-0.15, -0.1) is 0 Å². The molecule has 0 atom stereocenters. The van der Waals surface area contributed by atoms with E-state index in [4.69, 9.17) is 4.98 Å². The van der Waals surface area contributed by atoms with Crippen molar-refractivity contribution in [2.75, 3.05) is 43.1 Å². The van der Waals surface area contributed by atoms with Crippen LogP contribution in [0.15, 0.2) is 77.7 Å². The molecule has 2 heterocycles. The number of aromatic nitrogens is 2. The Kier molecular flexibility index (Phi) is 7.99. The third-order valence-corrected chi connectivity index (χ3v) is 8.41. The summed E-state index contributed by atoms with van der Waals surface area (Å²) in [6.45, 7) is 5.44. The third kappa shape index (κ3) is 6.49. The number of carbonyl (C=O) groups excluding carboxylic acids is 1. The minimum absolute atomic E-state index is 0.0454. The van der Waals surface area contributed by atoms with E-state index in [0.29, 0.717) is 10.8 Å². The average molecular weight is 546 g/mol. The van der Waals surface area contributed by atoms with Crippen molar-refractivity contribution in [3.8, 4) is 5.69 Å². The summed E-state index contributed by atoms with van der Waals surface area (Å²) in [4.78, 5) is 19.0. The number of rotatable bonds is 9. The van der Waals surface area contributed by atoms with Crippen molar-refractivity contribution < 1.29 is 13.2 Å². The Morgan fingerprint density at radius 2 is 1.74 bits per heavy atom. The van der Waals surface area contributed by atoms with Gasteiger partial charge in [0.2, 0.25) is 11.9 Å². The van der Waals surface area contributed by atoms with E-state index in [0.717, 1.165) is 73.8 Å². The first-order valence-electron chi connectivity index (χ1n) is 13.4. The summed E-state index contributed by atoms with van der Waals surface area (Å²) in [5.41, 5.74) is 4.88. The summed E-state index contributed by atoms with van der Waals surface area (Å²) in [5, 5.41) is 6.40. The molecule has 5 rings (SSSR count). The van der Waals surface area contributed by atoms with E-state index in [-0.39, 0.29) is 5.91 Å².